The number of amides is 1. The van der Waals surface area contributed by atoms with Crippen LogP contribution in [0, 0.1) is 0 Å². The minimum atomic E-state index is -0.106. The molecule has 0 fully saturated rings. The van der Waals surface area contributed by atoms with Crippen molar-refractivity contribution in [3.05, 3.63) is 72.7 Å². The summed E-state index contributed by atoms with van der Waals surface area (Å²) in [5, 5.41) is 4.93. The number of nitrogens with zero attached hydrogens (tertiary/aromatic N) is 4. The van der Waals surface area contributed by atoms with Crippen molar-refractivity contribution in [3.63, 3.8) is 0 Å². The molecule has 31 heavy (non-hydrogen) atoms. The standard InChI is InChI=1S/C24H23N5O2/c1-3-22-27-12-9-20(28-22)17-13-16-5-6-18(31-2)15-19(16)21(14-17)29-24(30)8-7-23-25-10-4-11-26-23/h4-6,9-15H,3,7-8H2,1-2H3,(H,29,30). The van der Waals surface area contributed by atoms with Gasteiger partial charge in [0.1, 0.15) is 17.4 Å². The van der Waals surface area contributed by atoms with Gasteiger partial charge in [-0.2, -0.15) is 0 Å². The Morgan fingerprint density at radius 1 is 1.00 bits per heavy atom. The van der Waals surface area contributed by atoms with Gasteiger partial charge in [-0.1, -0.05) is 13.0 Å². The molecule has 0 atom stereocenters. The van der Waals surface area contributed by atoms with E-state index in [0.717, 1.165) is 40.0 Å². The molecule has 1 amide bonds. The van der Waals surface area contributed by atoms with Crippen LogP contribution in [0.15, 0.2) is 61.1 Å². The molecule has 7 nitrogen and oxygen atoms in total. The van der Waals surface area contributed by atoms with Gasteiger partial charge in [-0.25, -0.2) is 19.9 Å². The summed E-state index contributed by atoms with van der Waals surface area (Å²) in [6.45, 7) is 2.02. The summed E-state index contributed by atoms with van der Waals surface area (Å²) < 4.78 is 5.38. The number of benzene rings is 2. The first-order chi connectivity index (χ1) is 15.2. The average molecular weight is 413 g/mol. The Morgan fingerprint density at radius 2 is 1.81 bits per heavy atom. The Kier molecular flexibility index (Phi) is 6.12. The summed E-state index contributed by atoms with van der Waals surface area (Å²) in [6, 6.07) is 13.4. The third-order valence-corrected chi connectivity index (χ3v) is 4.95. The fourth-order valence-corrected chi connectivity index (χ4v) is 3.34. The Labute approximate surface area is 180 Å². The van der Waals surface area contributed by atoms with Crippen molar-refractivity contribution >= 4 is 22.4 Å². The molecule has 2 heterocycles. The number of aryl methyl sites for hydroxylation is 2. The third kappa shape index (κ3) is 4.83. The Morgan fingerprint density at radius 3 is 2.58 bits per heavy atom. The van der Waals surface area contributed by atoms with E-state index in [1.54, 1.807) is 31.8 Å². The topological polar surface area (TPSA) is 89.9 Å². The summed E-state index contributed by atoms with van der Waals surface area (Å²) >= 11 is 0. The van der Waals surface area contributed by atoms with Gasteiger partial charge in [-0.05, 0) is 41.8 Å². The maximum absolute atomic E-state index is 12.7. The van der Waals surface area contributed by atoms with Gasteiger partial charge in [-0.3, -0.25) is 4.79 Å². The van der Waals surface area contributed by atoms with Crippen molar-refractivity contribution in [2.75, 3.05) is 12.4 Å². The van der Waals surface area contributed by atoms with Crippen LogP contribution in [0.2, 0.25) is 0 Å². The molecule has 0 aliphatic carbocycles. The van der Waals surface area contributed by atoms with Crippen LogP contribution in [0.3, 0.4) is 0 Å². The molecule has 0 saturated heterocycles. The first-order valence-corrected chi connectivity index (χ1v) is 10.2. The number of ether oxygens (including phenoxy) is 1. The lowest BCUT2D eigenvalue weighted by atomic mass is 10.0. The van der Waals surface area contributed by atoms with Crippen LogP contribution >= 0.6 is 0 Å². The van der Waals surface area contributed by atoms with Gasteiger partial charge < -0.3 is 10.1 Å². The lowest BCUT2D eigenvalue weighted by molar-refractivity contribution is -0.116. The highest BCUT2D eigenvalue weighted by molar-refractivity contribution is 6.04. The van der Waals surface area contributed by atoms with E-state index in [2.05, 4.69) is 31.3 Å². The Hall–Kier alpha value is -3.87. The van der Waals surface area contributed by atoms with Crippen LogP contribution in [0.1, 0.15) is 25.0 Å². The van der Waals surface area contributed by atoms with Gasteiger partial charge in [0.05, 0.1) is 12.8 Å². The first kappa shape index (κ1) is 20.4. The molecule has 0 spiro atoms. The number of hydrogen-bond donors (Lipinski definition) is 1. The fraction of sp³-hybridized carbons (Fsp3) is 0.208. The predicted molar refractivity (Wildman–Crippen MR) is 120 cm³/mol. The number of nitrogens with one attached hydrogen (secondary N) is 1. The molecule has 0 aliphatic heterocycles. The summed E-state index contributed by atoms with van der Waals surface area (Å²) in [6.07, 6.45) is 6.62. The molecular weight excluding hydrogens is 390 g/mol. The second-order valence-corrected chi connectivity index (χ2v) is 7.04. The van der Waals surface area contributed by atoms with Crippen LogP contribution in [0.4, 0.5) is 5.69 Å². The second kappa shape index (κ2) is 9.30. The van der Waals surface area contributed by atoms with Crippen LogP contribution < -0.4 is 10.1 Å². The maximum Gasteiger partial charge on any atom is 0.224 e. The van der Waals surface area contributed by atoms with Gasteiger partial charge in [0.2, 0.25) is 5.91 Å². The van der Waals surface area contributed by atoms with Gasteiger partial charge in [0.25, 0.3) is 0 Å². The highest BCUT2D eigenvalue weighted by atomic mass is 16.5. The van der Waals surface area contributed by atoms with E-state index in [1.807, 2.05) is 37.3 Å². The summed E-state index contributed by atoms with van der Waals surface area (Å²) in [4.78, 5) is 30.0. The van der Waals surface area contributed by atoms with Gasteiger partial charge in [0.15, 0.2) is 0 Å². The summed E-state index contributed by atoms with van der Waals surface area (Å²) in [5.74, 6) is 2.04. The molecule has 2 aromatic heterocycles. The highest BCUT2D eigenvalue weighted by Crippen LogP contribution is 2.33. The molecule has 1 N–H and O–H groups in total. The van der Waals surface area contributed by atoms with E-state index < -0.39 is 0 Å². The van der Waals surface area contributed by atoms with Crippen LogP contribution in [0.5, 0.6) is 5.75 Å². The lowest BCUT2D eigenvalue weighted by Gasteiger charge is -2.13. The van der Waals surface area contributed by atoms with Gasteiger partial charge >= 0.3 is 0 Å². The Bertz CT molecular complexity index is 1210. The lowest BCUT2D eigenvalue weighted by Crippen LogP contribution is -2.13. The number of anilines is 1. The van der Waals surface area contributed by atoms with Crippen molar-refractivity contribution in [3.8, 4) is 17.0 Å². The third-order valence-electron chi connectivity index (χ3n) is 4.95. The van der Waals surface area contributed by atoms with E-state index in [9.17, 15) is 4.79 Å². The SMILES string of the molecule is CCc1nccc(-c2cc(NC(=O)CCc3ncccn3)c3cc(OC)ccc3c2)n1. The maximum atomic E-state index is 12.7. The van der Waals surface area contributed by atoms with E-state index in [1.165, 1.54) is 0 Å². The number of methoxy groups -OCH3 is 1. The number of rotatable bonds is 7. The molecule has 0 bridgehead atoms. The van der Waals surface area contributed by atoms with Gasteiger partial charge in [-0.15, -0.1) is 0 Å². The van der Waals surface area contributed by atoms with E-state index in [-0.39, 0.29) is 12.3 Å². The minimum Gasteiger partial charge on any atom is -0.497 e. The normalized spacial score (nSPS) is 10.8. The van der Waals surface area contributed by atoms with Crippen LogP contribution in [-0.4, -0.2) is 33.0 Å². The number of hydrogen-bond acceptors (Lipinski definition) is 6. The average Bonchev–Trinajstić information content (AvgIpc) is 2.83. The zero-order chi connectivity index (χ0) is 21.6. The molecule has 0 saturated carbocycles. The summed E-state index contributed by atoms with van der Waals surface area (Å²) in [7, 11) is 1.63. The van der Waals surface area contributed by atoms with Crippen molar-refractivity contribution < 1.29 is 9.53 Å². The molecule has 4 aromatic rings. The van der Waals surface area contributed by atoms with Crippen LogP contribution in [0.25, 0.3) is 22.0 Å². The second-order valence-electron chi connectivity index (χ2n) is 7.04. The number of carbonyl (C=O) groups excluding carboxylic acids is 1. The fourth-order valence-electron chi connectivity index (χ4n) is 3.34. The molecule has 7 heteroatoms. The zero-order valence-electron chi connectivity index (χ0n) is 17.5. The molecule has 2 aromatic carbocycles. The van der Waals surface area contributed by atoms with Crippen LogP contribution in [-0.2, 0) is 17.6 Å². The number of fused-ring (bicyclic) bond motifs is 1. The molecule has 0 unspecified atom stereocenters. The molecule has 156 valence electrons. The van der Waals surface area contributed by atoms with Crippen molar-refractivity contribution in [1.29, 1.82) is 0 Å². The van der Waals surface area contributed by atoms with E-state index >= 15 is 0 Å². The molecule has 0 aliphatic rings. The highest BCUT2D eigenvalue weighted by Gasteiger charge is 2.12. The molecule has 4 rings (SSSR count). The quantitative estimate of drug-likeness (QED) is 0.488. The van der Waals surface area contributed by atoms with Gasteiger partial charge in [0, 0.05) is 54.5 Å². The molecule has 0 radical (unpaired) electrons. The monoisotopic (exact) mass is 413 g/mol. The van der Waals surface area contributed by atoms with E-state index in [4.69, 9.17) is 4.74 Å². The zero-order valence-corrected chi connectivity index (χ0v) is 17.5. The largest absolute Gasteiger partial charge is 0.497 e. The molecular formula is C24H23N5O2. The number of carbonyl (C=O) groups is 1. The first-order valence-electron chi connectivity index (χ1n) is 10.2. The smallest absolute Gasteiger partial charge is 0.224 e. The summed E-state index contributed by atoms with van der Waals surface area (Å²) in [5.41, 5.74) is 2.44. The minimum absolute atomic E-state index is 0.106. The number of aromatic nitrogens is 4. The predicted octanol–water partition coefficient (Wildman–Crippen LogP) is 4.23. The van der Waals surface area contributed by atoms with E-state index in [0.29, 0.717) is 17.9 Å². The van der Waals surface area contributed by atoms with Crippen molar-refractivity contribution in [2.45, 2.75) is 26.2 Å². The Balaban J connectivity index is 1.68. The van der Waals surface area contributed by atoms with Crippen molar-refractivity contribution in [1.82, 2.24) is 19.9 Å². The van der Waals surface area contributed by atoms with Crippen molar-refractivity contribution in [2.24, 2.45) is 0 Å².